The van der Waals surface area contributed by atoms with Gasteiger partial charge >= 0.3 is 5.97 Å². The zero-order valence-electron chi connectivity index (χ0n) is 13.0. The summed E-state index contributed by atoms with van der Waals surface area (Å²) in [5, 5.41) is 11.7. The summed E-state index contributed by atoms with van der Waals surface area (Å²) >= 11 is 0. The van der Waals surface area contributed by atoms with Gasteiger partial charge in [0, 0.05) is 0 Å². The molecule has 3 rings (SSSR count). The van der Waals surface area contributed by atoms with Crippen LogP contribution in [0.5, 0.6) is 0 Å². The van der Waals surface area contributed by atoms with Crippen LogP contribution in [0.25, 0.3) is 0 Å². The van der Waals surface area contributed by atoms with E-state index in [9.17, 15) is 9.59 Å². The Bertz CT molecular complexity index is 749. The lowest BCUT2D eigenvalue weighted by Gasteiger charge is -2.34. The van der Waals surface area contributed by atoms with Crippen LogP contribution in [-0.4, -0.2) is 17.0 Å². The summed E-state index contributed by atoms with van der Waals surface area (Å²) in [5.74, 6) is -0.861. The topological polar surface area (TPSA) is 79.5 Å². The zero-order chi connectivity index (χ0) is 16.4. The summed E-state index contributed by atoms with van der Waals surface area (Å²) in [4.78, 5) is 23.5. The largest absolute Gasteiger partial charge is 0.475 e. The molecule has 0 radical (unpaired) electrons. The van der Waals surface area contributed by atoms with E-state index < -0.39 is 11.4 Å². The molecule has 2 aromatic rings. The summed E-state index contributed by atoms with van der Waals surface area (Å²) < 4.78 is 5.17. The Hall–Kier alpha value is -2.56. The SMILES string of the molecule is C[C@]1(C(=O)NCc2ccc(C(=O)O)o2)CCCc2ccccc21. The fraction of sp³-hybridized carbons (Fsp3) is 0.333. The number of carboxylic acid groups (broad SMARTS) is 1. The Morgan fingerprint density at radius 1 is 1.26 bits per heavy atom. The van der Waals surface area contributed by atoms with Crippen LogP contribution < -0.4 is 5.32 Å². The molecule has 0 fully saturated rings. The van der Waals surface area contributed by atoms with E-state index in [0.717, 1.165) is 24.8 Å². The Labute approximate surface area is 134 Å². The number of fused-ring (bicyclic) bond motifs is 1. The molecule has 2 N–H and O–H groups in total. The van der Waals surface area contributed by atoms with Crippen LogP contribution in [0.4, 0.5) is 0 Å². The van der Waals surface area contributed by atoms with Gasteiger partial charge in [-0.1, -0.05) is 24.3 Å². The van der Waals surface area contributed by atoms with E-state index in [1.54, 1.807) is 6.07 Å². The Kier molecular flexibility index (Phi) is 3.94. The van der Waals surface area contributed by atoms with Gasteiger partial charge in [0.1, 0.15) is 5.76 Å². The number of aromatic carboxylic acids is 1. The predicted octanol–water partition coefficient (Wildman–Crippen LogP) is 2.89. The molecular formula is C18H19NO4. The molecule has 120 valence electrons. The second-order valence-corrected chi connectivity index (χ2v) is 6.10. The maximum atomic E-state index is 12.7. The normalized spacial score (nSPS) is 19.9. The number of hydrogen-bond acceptors (Lipinski definition) is 3. The molecule has 1 atom stereocenters. The zero-order valence-corrected chi connectivity index (χ0v) is 13.0. The highest BCUT2D eigenvalue weighted by Gasteiger charge is 2.38. The van der Waals surface area contributed by atoms with Crippen molar-refractivity contribution in [3.05, 3.63) is 59.0 Å². The van der Waals surface area contributed by atoms with E-state index in [-0.39, 0.29) is 18.2 Å². The third kappa shape index (κ3) is 2.86. The molecule has 1 aromatic heterocycles. The fourth-order valence-corrected chi connectivity index (χ4v) is 3.23. The average molecular weight is 313 g/mol. The molecule has 1 heterocycles. The molecule has 1 aromatic carbocycles. The third-order valence-corrected chi connectivity index (χ3v) is 4.53. The second kappa shape index (κ2) is 5.91. The Balaban J connectivity index is 1.74. The van der Waals surface area contributed by atoms with Crippen LogP contribution in [0.2, 0.25) is 0 Å². The summed E-state index contributed by atoms with van der Waals surface area (Å²) in [6.45, 7) is 2.15. The van der Waals surface area contributed by atoms with Crippen molar-refractivity contribution in [1.82, 2.24) is 5.32 Å². The van der Waals surface area contributed by atoms with E-state index in [0.29, 0.717) is 5.76 Å². The lowest BCUT2D eigenvalue weighted by molar-refractivity contribution is -0.127. The average Bonchev–Trinajstić information content (AvgIpc) is 3.02. The molecule has 1 aliphatic carbocycles. The van der Waals surface area contributed by atoms with Crippen LogP contribution in [0, 0.1) is 0 Å². The van der Waals surface area contributed by atoms with Gasteiger partial charge in [0.05, 0.1) is 12.0 Å². The number of hydrogen-bond donors (Lipinski definition) is 2. The molecule has 0 spiro atoms. The highest BCUT2D eigenvalue weighted by Crippen LogP contribution is 2.37. The number of rotatable bonds is 4. The fourth-order valence-electron chi connectivity index (χ4n) is 3.23. The van der Waals surface area contributed by atoms with Crippen molar-refractivity contribution in [1.29, 1.82) is 0 Å². The van der Waals surface area contributed by atoms with Gasteiger partial charge in [-0.05, 0) is 49.4 Å². The summed E-state index contributed by atoms with van der Waals surface area (Å²) in [5.41, 5.74) is 1.74. The van der Waals surface area contributed by atoms with Crippen molar-refractivity contribution in [3.63, 3.8) is 0 Å². The van der Waals surface area contributed by atoms with E-state index in [1.165, 1.54) is 11.6 Å². The number of aryl methyl sites for hydroxylation is 1. The van der Waals surface area contributed by atoms with Gasteiger partial charge in [-0.2, -0.15) is 0 Å². The molecule has 5 heteroatoms. The number of furan rings is 1. The Morgan fingerprint density at radius 3 is 2.78 bits per heavy atom. The summed E-state index contributed by atoms with van der Waals surface area (Å²) in [6.07, 6.45) is 2.78. The van der Waals surface area contributed by atoms with Crippen LogP contribution in [0.1, 0.15) is 47.2 Å². The molecule has 0 aliphatic heterocycles. The van der Waals surface area contributed by atoms with E-state index >= 15 is 0 Å². The maximum absolute atomic E-state index is 12.7. The number of carbonyl (C=O) groups excluding carboxylic acids is 1. The number of benzene rings is 1. The first kappa shape index (κ1) is 15.3. The first-order valence-electron chi connectivity index (χ1n) is 7.69. The van der Waals surface area contributed by atoms with Crippen LogP contribution >= 0.6 is 0 Å². The highest BCUT2D eigenvalue weighted by molar-refractivity contribution is 5.88. The van der Waals surface area contributed by atoms with Crippen LogP contribution in [0.15, 0.2) is 40.8 Å². The molecule has 1 amide bonds. The first-order chi connectivity index (χ1) is 11.0. The standard InChI is InChI=1S/C18H19NO4/c1-18(10-4-6-12-5-2-3-7-14(12)18)17(22)19-11-13-8-9-15(23-13)16(20)21/h2-3,5,7-9H,4,6,10-11H2,1H3,(H,19,22)(H,20,21)/t18-/m0/s1. The molecule has 0 saturated heterocycles. The Morgan fingerprint density at radius 2 is 2.04 bits per heavy atom. The highest BCUT2D eigenvalue weighted by atomic mass is 16.4. The number of amides is 1. The van der Waals surface area contributed by atoms with Crippen molar-refractivity contribution >= 4 is 11.9 Å². The number of carbonyl (C=O) groups is 2. The first-order valence-corrected chi connectivity index (χ1v) is 7.69. The van der Waals surface area contributed by atoms with Gasteiger partial charge in [0.15, 0.2) is 0 Å². The van der Waals surface area contributed by atoms with Crippen LogP contribution in [0.3, 0.4) is 0 Å². The molecular weight excluding hydrogens is 294 g/mol. The van der Waals surface area contributed by atoms with E-state index in [4.69, 9.17) is 9.52 Å². The quantitative estimate of drug-likeness (QED) is 0.909. The minimum atomic E-state index is -1.12. The van der Waals surface area contributed by atoms with Crippen molar-refractivity contribution < 1.29 is 19.1 Å². The van der Waals surface area contributed by atoms with E-state index in [2.05, 4.69) is 11.4 Å². The lowest BCUT2D eigenvalue weighted by atomic mass is 9.70. The third-order valence-electron chi connectivity index (χ3n) is 4.53. The monoisotopic (exact) mass is 313 g/mol. The van der Waals surface area contributed by atoms with Crippen molar-refractivity contribution in [2.45, 2.75) is 38.1 Å². The molecule has 1 aliphatic rings. The molecule has 0 bridgehead atoms. The molecule has 23 heavy (non-hydrogen) atoms. The molecule has 5 nitrogen and oxygen atoms in total. The molecule has 0 saturated carbocycles. The summed E-state index contributed by atoms with van der Waals surface area (Å²) in [6, 6.07) is 11.0. The maximum Gasteiger partial charge on any atom is 0.371 e. The van der Waals surface area contributed by atoms with Crippen molar-refractivity contribution in [3.8, 4) is 0 Å². The van der Waals surface area contributed by atoms with Gasteiger partial charge in [-0.3, -0.25) is 4.79 Å². The number of nitrogens with one attached hydrogen (secondary N) is 1. The summed E-state index contributed by atoms with van der Waals surface area (Å²) in [7, 11) is 0. The van der Waals surface area contributed by atoms with Gasteiger partial charge in [0.25, 0.3) is 0 Å². The van der Waals surface area contributed by atoms with Gasteiger partial charge < -0.3 is 14.8 Å². The minimum absolute atomic E-state index is 0.0575. The molecule has 0 unspecified atom stereocenters. The van der Waals surface area contributed by atoms with Crippen LogP contribution in [-0.2, 0) is 23.2 Å². The lowest BCUT2D eigenvalue weighted by Crippen LogP contribution is -2.44. The van der Waals surface area contributed by atoms with Crippen molar-refractivity contribution in [2.24, 2.45) is 0 Å². The second-order valence-electron chi connectivity index (χ2n) is 6.10. The van der Waals surface area contributed by atoms with E-state index in [1.807, 2.05) is 25.1 Å². The van der Waals surface area contributed by atoms with Crippen molar-refractivity contribution in [2.75, 3.05) is 0 Å². The minimum Gasteiger partial charge on any atom is -0.475 e. The predicted molar refractivity (Wildman–Crippen MR) is 84.2 cm³/mol. The van der Waals surface area contributed by atoms with Gasteiger partial charge in [0.2, 0.25) is 11.7 Å². The smallest absolute Gasteiger partial charge is 0.371 e. The number of carboxylic acids is 1. The van der Waals surface area contributed by atoms with Gasteiger partial charge in [-0.15, -0.1) is 0 Å². The van der Waals surface area contributed by atoms with Gasteiger partial charge in [-0.25, -0.2) is 4.79 Å².